The van der Waals surface area contributed by atoms with E-state index in [0.29, 0.717) is 12.7 Å². The normalized spacial score (nSPS) is 19.1. The minimum Gasteiger partial charge on any atom is -0.376 e. The van der Waals surface area contributed by atoms with Crippen LogP contribution in [0.2, 0.25) is 0 Å². The van der Waals surface area contributed by atoms with Gasteiger partial charge in [-0.1, -0.05) is 31.2 Å². The highest BCUT2D eigenvalue weighted by molar-refractivity contribution is 5.22. The topological polar surface area (TPSA) is 30.5 Å². The molecular weight excluding hydrogens is 250 g/mol. The van der Waals surface area contributed by atoms with Crippen LogP contribution in [0.25, 0.3) is 0 Å². The molecule has 0 aromatic heterocycles. The monoisotopic (exact) mass is 277 g/mol. The number of ether oxygens (including phenoxy) is 2. The predicted octanol–water partition coefficient (Wildman–Crippen LogP) is 2.92. The second-order valence-electron chi connectivity index (χ2n) is 5.42. The van der Waals surface area contributed by atoms with E-state index in [-0.39, 0.29) is 0 Å². The van der Waals surface area contributed by atoms with Crippen molar-refractivity contribution in [3.05, 3.63) is 35.4 Å². The van der Waals surface area contributed by atoms with E-state index in [2.05, 4.69) is 36.5 Å². The standard InChI is InChI=1S/C17H27NO2/c1-2-18-11-10-15-6-8-16(9-7-15)13-19-14-17-5-3-4-12-20-17/h6-9,17-18H,2-5,10-14H2,1H3. The summed E-state index contributed by atoms with van der Waals surface area (Å²) < 4.78 is 11.4. The zero-order valence-corrected chi connectivity index (χ0v) is 12.6. The molecule has 1 aliphatic heterocycles. The molecule has 1 aromatic carbocycles. The van der Waals surface area contributed by atoms with Crippen molar-refractivity contribution in [2.24, 2.45) is 0 Å². The second-order valence-corrected chi connectivity index (χ2v) is 5.42. The number of nitrogens with one attached hydrogen (secondary N) is 1. The molecule has 1 aliphatic rings. The third-order valence-electron chi connectivity index (χ3n) is 3.71. The lowest BCUT2D eigenvalue weighted by atomic mass is 10.1. The van der Waals surface area contributed by atoms with Gasteiger partial charge in [0.15, 0.2) is 0 Å². The SMILES string of the molecule is CCNCCc1ccc(COCC2CCCCO2)cc1. The minimum atomic E-state index is 0.308. The van der Waals surface area contributed by atoms with Gasteiger partial charge in [-0.15, -0.1) is 0 Å². The molecule has 112 valence electrons. The Morgan fingerprint density at radius 3 is 2.70 bits per heavy atom. The predicted molar refractivity (Wildman–Crippen MR) is 81.9 cm³/mol. The molecule has 1 fully saturated rings. The van der Waals surface area contributed by atoms with Crippen LogP contribution < -0.4 is 5.32 Å². The molecule has 0 spiro atoms. The Kier molecular flexibility index (Phi) is 7.06. The summed E-state index contributed by atoms with van der Waals surface area (Å²) in [6, 6.07) is 8.74. The van der Waals surface area contributed by atoms with Gasteiger partial charge in [-0.05, 0) is 49.9 Å². The average Bonchev–Trinajstić information content (AvgIpc) is 2.50. The van der Waals surface area contributed by atoms with Crippen LogP contribution in [0.1, 0.15) is 37.3 Å². The third kappa shape index (κ3) is 5.61. The summed E-state index contributed by atoms with van der Waals surface area (Å²) in [5, 5.41) is 3.34. The molecule has 1 heterocycles. The van der Waals surface area contributed by atoms with E-state index in [0.717, 1.165) is 39.1 Å². The zero-order chi connectivity index (χ0) is 14.0. The van der Waals surface area contributed by atoms with Gasteiger partial charge in [0.05, 0.1) is 19.3 Å². The number of hydrogen-bond acceptors (Lipinski definition) is 3. The molecule has 0 saturated carbocycles. The van der Waals surface area contributed by atoms with Crippen molar-refractivity contribution in [3.8, 4) is 0 Å². The smallest absolute Gasteiger partial charge is 0.0808 e. The van der Waals surface area contributed by atoms with Crippen LogP contribution in [0.15, 0.2) is 24.3 Å². The first-order chi connectivity index (χ1) is 9.88. The van der Waals surface area contributed by atoms with Crippen LogP contribution in [0.5, 0.6) is 0 Å². The summed E-state index contributed by atoms with van der Waals surface area (Å²) in [5.41, 5.74) is 2.62. The van der Waals surface area contributed by atoms with E-state index in [9.17, 15) is 0 Å². The van der Waals surface area contributed by atoms with E-state index in [1.54, 1.807) is 0 Å². The van der Waals surface area contributed by atoms with Gasteiger partial charge >= 0.3 is 0 Å². The maximum absolute atomic E-state index is 5.76. The van der Waals surface area contributed by atoms with Crippen molar-refractivity contribution in [1.82, 2.24) is 5.32 Å². The largest absolute Gasteiger partial charge is 0.376 e. The summed E-state index contributed by atoms with van der Waals surface area (Å²) >= 11 is 0. The summed E-state index contributed by atoms with van der Waals surface area (Å²) in [6.07, 6.45) is 5.01. The molecule has 2 rings (SSSR count). The lowest BCUT2D eigenvalue weighted by molar-refractivity contribution is -0.0447. The van der Waals surface area contributed by atoms with Gasteiger partial charge in [-0.3, -0.25) is 0 Å². The fraction of sp³-hybridized carbons (Fsp3) is 0.647. The lowest BCUT2D eigenvalue weighted by Crippen LogP contribution is -2.24. The Morgan fingerprint density at radius 2 is 2.00 bits per heavy atom. The van der Waals surface area contributed by atoms with E-state index in [1.807, 2.05) is 0 Å². The van der Waals surface area contributed by atoms with Crippen molar-refractivity contribution in [2.75, 3.05) is 26.3 Å². The summed E-state index contributed by atoms with van der Waals surface area (Å²) in [6.45, 7) is 6.53. The number of hydrogen-bond donors (Lipinski definition) is 1. The van der Waals surface area contributed by atoms with Crippen LogP contribution in [0.4, 0.5) is 0 Å². The van der Waals surface area contributed by atoms with Crippen LogP contribution in [0, 0.1) is 0 Å². The van der Waals surface area contributed by atoms with Crippen LogP contribution in [-0.4, -0.2) is 32.4 Å². The number of benzene rings is 1. The molecule has 0 bridgehead atoms. The van der Waals surface area contributed by atoms with Gasteiger partial charge in [-0.25, -0.2) is 0 Å². The third-order valence-corrected chi connectivity index (χ3v) is 3.71. The highest BCUT2D eigenvalue weighted by Gasteiger charge is 2.13. The van der Waals surface area contributed by atoms with E-state index < -0.39 is 0 Å². The first-order valence-corrected chi connectivity index (χ1v) is 7.86. The van der Waals surface area contributed by atoms with Crippen molar-refractivity contribution in [2.45, 2.75) is 45.3 Å². The maximum atomic E-state index is 5.76. The van der Waals surface area contributed by atoms with Crippen molar-refractivity contribution >= 4 is 0 Å². The van der Waals surface area contributed by atoms with E-state index in [1.165, 1.54) is 24.0 Å². The van der Waals surface area contributed by atoms with Gasteiger partial charge < -0.3 is 14.8 Å². The molecule has 0 amide bonds. The second kappa shape index (κ2) is 9.11. The number of rotatable bonds is 8. The first kappa shape index (κ1) is 15.5. The summed E-state index contributed by atoms with van der Waals surface area (Å²) in [4.78, 5) is 0. The Labute approximate surface area is 122 Å². The molecular formula is C17H27NO2. The highest BCUT2D eigenvalue weighted by Crippen LogP contribution is 2.13. The summed E-state index contributed by atoms with van der Waals surface area (Å²) in [7, 11) is 0. The first-order valence-electron chi connectivity index (χ1n) is 7.86. The average molecular weight is 277 g/mol. The highest BCUT2D eigenvalue weighted by atomic mass is 16.5. The Morgan fingerprint density at radius 1 is 1.20 bits per heavy atom. The van der Waals surface area contributed by atoms with Crippen LogP contribution >= 0.6 is 0 Å². The van der Waals surface area contributed by atoms with Crippen molar-refractivity contribution < 1.29 is 9.47 Å². The lowest BCUT2D eigenvalue weighted by Gasteiger charge is -2.22. The quantitative estimate of drug-likeness (QED) is 0.741. The molecule has 1 unspecified atom stereocenters. The molecule has 3 heteroatoms. The molecule has 0 radical (unpaired) electrons. The van der Waals surface area contributed by atoms with Crippen LogP contribution in [0.3, 0.4) is 0 Å². The molecule has 1 aromatic rings. The maximum Gasteiger partial charge on any atom is 0.0808 e. The summed E-state index contributed by atoms with van der Waals surface area (Å²) in [5.74, 6) is 0. The molecule has 20 heavy (non-hydrogen) atoms. The van der Waals surface area contributed by atoms with Gasteiger partial charge in [-0.2, -0.15) is 0 Å². The van der Waals surface area contributed by atoms with E-state index in [4.69, 9.17) is 9.47 Å². The number of likely N-dealkylation sites (N-methyl/N-ethyl adjacent to an activating group) is 1. The van der Waals surface area contributed by atoms with Gasteiger partial charge in [0.2, 0.25) is 0 Å². The van der Waals surface area contributed by atoms with Gasteiger partial charge in [0, 0.05) is 6.61 Å². The Balaban J connectivity index is 1.65. The fourth-order valence-corrected chi connectivity index (χ4v) is 2.46. The molecule has 0 aliphatic carbocycles. The fourth-order valence-electron chi connectivity index (χ4n) is 2.46. The van der Waals surface area contributed by atoms with E-state index >= 15 is 0 Å². The molecule has 1 atom stereocenters. The molecule has 1 N–H and O–H groups in total. The van der Waals surface area contributed by atoms with Gasteiger partial charge in [0.25, 0.3) is 0 Å². The van der Waals surface area contributed by atoms with Gasteiger partial charge in [0.1, 0.15) is 0 Å². The Hall–Kier alpha value is -0.900. The Bertz CT molecular complexity index is 358. The van der Waals surface area contributed by atoms with Crippen LogP contribution in [-0.2, 0) is 22.5 Å². The zero-order valence-electron chi connectivity index (χ0n) is 12.6. The van der Waals surface area contributed by atoms with Crippen molar-refractivity contribution in [3.63, 3.8) is 0 Å². The molecule has 1 saturated heterocycles. The molecule has 3 nitrogen and oxygen atoms in total. The van der Waals surface area contributed by atoms with Crippen molar-refractivity contribution in [1.29, 1.82) is 0 Å². The minimum absolute atomic E-state index is 0.308.